The summed E-state index contributed by atoms with van der Waals surface area (Å²) in [6.07, 6.45) is 9.52. The van der Waals surface area contributed by atoms with Gasteiger partial charge < -0.3 is 35.6 Å². The van der Waals surface area contributed by atoms with Gasteiger partial charge in [0.15, 0.2) is 0 Å². The van der Waals surface area contributed by atoms with Crippen molar-refractivity contribution < 1.29 is 23.9 Å². The number of hydrogen-bond acceptors (Lipinski definition) is 7. The molecule has 1 aromatic rings. The number of carbonyl (C=O) groups excluding carboxylic acids is 3. The molecule has 4 N–H and O–H groups in total. The number of likely N-dealkylation sites (N-methyl/N-ethyl adjacent to an activating group) is 2. The fourth-order valence-electron chi connectivity index (χ4n) is 4.53. The largest absolute Gasteiger partial charge is 0.448 e. The summed E-state index contributed by atoms with van der Waals surface area (Å²) in [6, 6.07) is 7.67. The average Bonchev–Trinajstić information content (AvgIpc) is 2.97. The van der Waals surface area contributed by atoms with Crippen LogP contribution in [0.5, 0.6) is 0 Å². The summed E-state index contributed by atoms with van der Waals surface area (Å²) in [7, 11) is 3.69. The number of nitrogens with zero attached hydrogens (tertiary/aromatic N) is 2. The number of unbranched alkanes of at least 4 members (excludes halogenated alkanes) is 3. The second kappa shape index (κ2) is 20.8. The predicted octanol–water partition coefficient (Wildman–Crippen LogP) is 4.17. The Hall–Kier alpha value is -3.05. The summed E-state index contributed by atoms with van der Waals surface area (Å²) >= 11 is 0. The summed E-state index contributed by atoms with van der Waals surface area (Å²) in [4.78, 5) is 40.1. The fourth-order valence-corrected chi connectivity index (χ4v) is 4.53. The molecule has 0 spiro atoms. The number of amides is 4. The number of benzene rings is 1. The molecule has 0 unspecified atom stereocenters. The SMILES string of the molecule is CCCCCCNCN(C)CCOC(=O)NCc1cccc(CNC(=O)OCCN(C)C(=O)NC2CCCCC2)c1. The first-order chi connectivity index (χ1) is 19.9. The van der Waals surface area contributed by atoms with E-state index < -0.39 is 12.2 Å². The van der Waals surface area contributed by atoms with Gasteiger partial charge in [0.05, 0.1) is 6.54 Å². The maximum absolute atomic E-state index is 12.3. The summed E-state index contributed by atoms with van der Waals surface area (Å²) in [5.74, 6) is 0. The number of nitrogens with one attached hydrogen (secondary N) is 4. The lowest BCUT2D eigenvalue weighted by molar-refractivity contribution is 0.130. The Morgan fingerprint density at radius 3 is 2.15 bits per heavy atom. The second-order valence-corrected chi connectivity index (χ2v) is 10.8. The van der Waals surface area contributed by atoms with Gasteiger partial charge in [-0.3, -0.25) is 4.90 Å². The van der Waals surface area contributed by atoms with Crippen LogP contribution in [0, 0.1) is 0 Å². The summed E-state index contributed by atoms with van der Waals surface area (Å²) in [5, 5.41) is 11.9. The third kappa shape index (κ3) is 16.1. The van der Waals surface area contributed by atoms with E-state index in [-0.39, 0.29) is 25.2 Å². The highest BCUT2D eigenvalue weighted by Gasteiger charge is 2.18. The topological polar surface area (TPSA) is 124 Å². The minimum absolute atomic E-state index is 0.109. The lowest BCUT2D eigenvalue weighted by Crippen LogP contribution is -2.45. The van der Waals surface area contributed by atoms with E-state index in [9.17, 15) is 14.4 Å². The first-order valence-electron chi connectivity index (χ1n) is 15.2. The van der Waals surface area contributed by atoms with Gasteiger partial charge in [0, 0.05) is 39.4 Å². The minimum Gasteiger partial charge on any atom is -0.448 e. The van der Waals surface area contributed by atoms with Gasteiger partial charge in [0.2, 0.25) is 0 Å². The van der Waals surface area contributed by atoms with Crippen molar-refractivity contribution in [3.63, 3.8) is 0 Å². The molecule has 11 nitrogen and oxygen atoms in total. The molecule has 4 amide bonds. The number of urea groups is 1. The van der Waals surface area contributed by atoms with E-state index in [1.807, 2.05) is 31.3 Å². The van der Waals surface area contributed by atoms with Gasteiger partial charge in [-0.05, 0) is 44.0 Å². The van der Waals surface area contributed by atoms with Crippen LogP contribution in [0.4, 0.5) is 14.4 Å². The zero-order valence-corrected chi connectivity index (χ0v) is 25.3. The van der Waals surface area contributed by atoms with Crippen LogP contribution in [0.25, 0.3) is 0 Å². The Bertz CT molecular complexity index is 896. The first-order valence-corrected chi connectivity index (χ1v) is 15.2. The number of rotatable bonds is 18. The van der Waals surface area contributed by atoms with Crippen LogP contribution in [0.1, 0.15) is 75.8 Å². The summed E-state index contributed by atoms with van der Waals surface area (Å²) in [6.45, 7) is 5.96. The van der Waals surface area contributed by atoms with Crippen LogP contribution in [0.2, 0.25) is 0 Å². The van der Waals surface area contributed by atoms with Crippen molar-refractivity contribution in [2.75, 3.05) is 53.6 Å². The molecule has 0 saturated heterocycles. The highest BCUT2D eigenvalue weighted by atomic mass is 16.6. The van der Waals surface area contributed by atoms with Gasteiger partial charge in [0.25, 0.3) is 0 Å². The zero-order chi connectivity index (χ0) is 29.7. The molecule has 0 aromatic heterocycles. The van der Waals surface area contributed by atoms with Crippen molar-refractivity contribution in [3.05, 3.63) is 35.4 Å². The third-order valence-electron chi connectivity index (χ3n) is 7.10. The van der Waals surface area contributed by atoms with Crippen LogP contribution in [-0.4, -0.2) is 87.7 Å². The smallest absolute Gasteiger partial charge is 0.407 e. The van der Waals surface area contributed by atoms with Gasteiger partial charge in [-0.2, -0.15) is 0 Å². The first kappa shape index (κ1) is 34.2. The van der Waals surface area contributed by atoms with E-state index in [1.165, 1.54) is 37.0 Å². The standard InChI is InChI=1S/C30H52N6O5/c1-4-5-6-10-16-31-24-35(2)17-19-40-29(38)32-22-25-12-11-13-26(21-25)23-33-30(39)41-20-18-36(3)28(37)34-27-14-8-7-9-15-27/h11-13,21,27,31H,4-10,14-20,22-24H2,1-3H3,(H,32,38)(H,33,39)(H,34,37). The minimum atomic E-state index is -0.546. The Labute approximate surface area is 246 Å². The number of carbonyl (C=O) groups is 3. The van der Waals surface area contributed by atoms with E-state index in [2.05, 4.69) is 33.1 Å². The van der Waals surface area contributed by atoms with Crippen molar-refractivity contribution in [1.29, 1.82) is 0 Å². The van der Waals surface area contributed by atoms with Crippen LogP contribution in [0.3, 0.4) is 0 Å². The molecule has 2 rings (SSSR count). The van der Waals surface area contributed by atoms with Crippen molar-refractivity contribution in [1.82, 2.24) is 31.1 Å². The lowest BCUT2D eigenvalue weighted by atomic mass is 9.96. The van der Waals surface area contributed by atoms with E-state index in [0.717, 1.165) is 50.0 Å². The number of ether oxygens (including phenoxy) is 2. The van der Waals surface area contributed by atoms with E-state index in [4.69, 9.17) is 9.47 Å². The molecule has 1 saturated carbocycles. The van der Waals surface area contributed by atoms with E-state index in [0.29, 0.717) is 26.2 Å². The van der Waals surface area contributed by atoms with Gasteiger partial charge >= 0.3 is 18.2 Å². The van der Waals surface area contributed by atoms with Crippen molar-refractivity contribution in [2.24, 2.45) is 0 Å². The average molecular weight is 577 g/mol. The maximum atomic E-state index is 12.3. The van der Waals surface area contributed by atoms with E-state index in [1.54, 1.807) is 7.05 Å². The summed E-state index contributed by atoms with van der Waals surface area (Å²) < 4.78 is 10.5. The molecule has 1 aromatic carbocycles. The molecule has 0 aliphatic heterocycles. The zero-order valence-electron chi connectivity index (χ0n) is 25.3. The Morgan fingerprint density at radius 1 is 0.878 bits per heavy atom. The van der Waals surface area contributed by atoms with Crippen LogP contribution >= 0.6 is 0 Å². The Morgan fingerprint density at radius 2 is 1.51 bits per heavy atom. The van der Waals surface area contributed by atoms with E-state index >= 15 is 0 Å². The number of alkyl carbamates (subject to hydrolysis) is 2. The van der Waals surface area contributed by atoms with Crippen LogP contribution in [-0.2, 0) is 22.6 Å². The molecular weight excluding hydrogens is 524 g/mol. The third-order valence-corrected chi connectivity index (χ3v) is 7.10. The van der Waals surface area contributed by atoms with Crippen molar-refractivity contribution in [2.45, 2.75) is 83.8 Å². The van der Waals surface area contributed by atoms with Crippen LogP contribution in [0.15, 0.2) is 24.3 Å². The molecule has 0 atom stereocenters. The number of hydrogen-bond donors (Lipinski definition) is 4. The molecule has 41 heavy (non-hydrogen) atoms. The van der Waals surface area contributed by atoms with Gasteiger partial charge in [-0.15, -0.1) is 0 Å². The molecule has 0 heterocycles. The predicted molar refractivity (Wildman–Crippen MR) is 160 cm³/mol. The normalized spacial score (nSPS) is 13.5. The monoisotopic (exact) mass is 576 g/mol. The molecule has 232 valence electrons. The lowest BCUT2D eigenvalue weighted by Gasteiger charge is -2.26. The quantitative estimate of drug-likeness (QED) is 0.153. The highest BCUT2D eigenvalue weighted by Crippen LogP contribution is 2.17. The molecule has 0 bridgehead atoms. The van der Waals surface area contributed by atoms with Gasteiger partial charge in [-0.1, -0.05) is 69.7 Å². The molecule has 11 heteroatoms. The molecule has 0 radical (unpaired) electrons. The van der Waals surface area contributed by atoms with Crippen LogP contribution < -0.4 is 21.3 Å². The maximum Gasteiger partial charge on any atom is 0.407 e. The van der Waals surface area contributed by atoms with Gasteiger partial charge in [0.1, 0.15) is 13.2 Å². The van der Waals surface area contributed by atoms with Crippen molar-refractivity contribution >= 4 is 18.2 Å². The highest BCUT2D eigenvalue weighted by molar-refractivity contribution is 5.74. The Kier molecular flexibility index (Phi) is 17.3. The van der Waals surface area contributed by atoms with Crippen molar-refractivity contribution in [3.8, 4) is 0 Å². The van der Waals surface area contributed by atoms with Gasteiger partial charge in [-0.25, -0.2) is 14.4 Å². The Balaban J connectivity index is 1.55. The fraction of sp³-hybridized carbons (Fsp3) is 0.700. The second-order valence-electron chi connectivity index (χ2n) is 10.8. The summed E-state index contributed by atoms with van der Waals surface area (Å²) in [5.41, 5.74) is 1.77. The molecular formula is C30H52N6O5. The molecule has 1 aliphatic rings. The molecule has 1 aliphatic carbocycles. The molecule has 1 fully saturated rings.